The van der Waals surface area contributed by atoms with E-state index in [2.05, 4.69) is 17.3 Å². The number of rotatable bonds is 6. The van der Waals surface area contributed by atoms with Crippen molar-refractivity contribution in [3.8, 4) is 5.75 Å². The Hall–Kier alpha value is -2.42. The van der Waals surface area contributed by atoms with Crippen LogP contribution in [0.5, 0.6) is 5.75 Å². The Labute approximate surface area is 196 Å². The van der Waals surface area contributed by atoms with E-state index in [0.717, 1.165) is 42.9 Å². The topological polar surface area (TPSA) is 79.0 Å². The Kier molecular flexibility index (Phi) is 7.36. The van der Waals surface area contributed by atoms with E-state index in [9.17, 15) is 13.2 Å². The molecular formula is C25H33N3O4S. The second-order valence-electron chi connectivity index (χ2n) is 9.13. The van der Waals surface area contributed by atoms with Crippen molar-refractivity contribution in [1.82, 2.24) is 9.21 Å². The van der Waals surface area contributed by atoms with Crippen LogP contribution in [0.2, 0.25) is 0 Å². The van der Waals surface area contributed by atoms with E-state index < -0.39 is 10.0 Å². The van der Waals surface area contributed by atoms with Crippen molar-refractivity contribution in [2.45, 2.75) is 43.6 Å². The van der Waals surface area contributed by atoms with Crippen molar-refractivity contribution in [2.24, 2.45) is 5.92 Å². The minimum Gasteiger partial charge on any atom is -0.490 e. The molecule has 0 atom stereocenters. The van der Waals surface area contributed by atoms with E-state index in [1.165, 1.54) is 4.31 Å². The maximum atomic E-state index is 12.9. The zero-order valence-electron chi connectivity index (χ0n) is 19.4. The first-order valence-electron chi connectivity index (χ1n) is 11.6. The number of likely N-dealkylation sites (tertiary alicyclic amines) is 1. The molecule has 33 heavy (non-hydrogen) atoms. The first-order chi connectivity index (χ1) is 15.8. The summed E-state index contributed by atoms with van der Waals surface area (Å²) in [7, 11) is -1.40. The molecule has 178 valence electrons. The predicted octanol–water partition coefficient (Wildman–Crippen LogP) is 3.51. The average Bonchev–Trinajstić information content (AvgIpc) is 2.82. The fraction of sp³-hybridized carbons (Fsp3) is 0.480. The highest BCUT2D eigenvalue weighted by Gasteiger charge is 2.32. The van der Waals surface area contributed by atoms with Gasteiger partial charge in [-0.2, -0.15) is 4.31 Å². The molecule has 1 amide bonds. The Morgan fingerprint density at radius 1 is 0.909 bits per heavy atom. The maximum absolute atomic E-state index is 12.9. The van der Waals surface area contributed by atoms with Crippen molar-refractivity contribution in [2.75, 3.05) is 38.5 Å². The molecule has 1 N–H and O–H groups in total. The van der Waals surface area contributed by atoms with E-state index >= 15 is 0 Å². The van der Waals surface area contributed by atoms with Gasteiger partial charge in [-0.05, 0) is 76.1 Å². The quantitative estimate of drug-likeness (QED) is 0.698. The molecule has 2 aliphatic heterocycles. The third kappa shape index (κ3) is 5.93. The van der Waals surface area contributed by atoms with E-state index in [-0.39, 0.29) is 17.9 Å². The summed E-state index contributed by atoms with van der Waals surface area (Å²) < 4.78 is 33.3. The van der Waals surface area contributed by atoms with Crippen LogP contribution in [0.15, 0.2) is 53.4 Å². The molecule has 0 aromatic heterocycles. The second kappa shape index (κ2) is 10.2. The first kappa shape index (κ1) is 23.7. The van der Waals surface area contributed by atoms with Gasteiger partial charge in [0.2, 0.25) is 15.9 Å². The van der Waals surface area contributed by atoms with Gasteiger partial charge in [-0.25, -0.2) is 8.42 Å². The summed E-state index contributed by atoms with van der Waals surface area (Å²) >= 11 is 0. The summed E-state index contributed by atoms with van der Waals surface area (Å²) in [6.07, 6.45) is 3.30. The molecule has 0 radical (unpaired) electrons. The third-order valence-corrected chi connectivity index (χ3v) is 8.49. The summed E-state index contributed by atoms with van der Waals surface area (Å²) in [5.41, 5.74) is 1.75. The van der Waals surface area contributed by atoms with Crippen LogP contribution in [-0.2, 0) is 14.8 Å². The van der Waals surface area contributed by atoms with Crippen LogP contribution >= 0.6 is 0 Å². The highest BCUT2D eigenvalue weighted by atomic mass is 32.2. The normalized spacial score (nSPS) is 19.3. The number of amides is 1. The van der Waals surface area contributed by atoms with Crippen molar-refractivity contribution >= 4 is 21.6 Å². The third-order valence-electron chi connectivity index (χ3n) is 6.57. The molecule has 2 heterocycles. The van der Waals surface area contributed by atoms with Crippen molar-refractivity contribution in [3.05, 3.63) is 54.1 Å². The molecule has 2 aromatic carbocycles. The Morgan fingerprint density at radius 3 is 2.12 bits per heavy atom. The SMILES string of the molecule is Cc1ccc(S(=O)(=O)N2CCC(C(=O)Nc3ccc(OC4CCN(C)CC4)cc3)CC2)cc1. The number of nitrogens with one attached hydrogen (secondary N) is 1. The summed E-state index contributed by atoms with van der Waals surface area (Å²) in [5, 5.41) is 2.97. The molecule has 2 aromatic rings. The van der Waals surface area contributed by atoms with Crippen LogP contribution in [-0.4, -0.2) is 62.9 Å². The number of sulfonamides is 1. The van der Waals surface area contributed by atoms with Gasteiger partial charge in [0.05, 0.1) is 4.90 Å². The zero-order valence-corrected chi connectivity index (χ0v) is 20.2. The smallest absolute Gasteiger partial charge is 0.243 e. The van der Waals surface area contributed by atoms with Gasteiger partial charge >= 0.3 is 0 Å². The largest absolute Gasteiger partial charge is 0.490 e. The van der Waals surface area contributed by atoms with Gasteiger partial charge in [-0.1, -0.05) is 17.7 Å². The molecule has 2 aliphatic rings. The number of hydrogen-bond acceptors (Lipinski definition) is 5. The first-order valence-corrected chi connectivity index (χ1v) is 13.1. The van der Waals surface area contributed by atoms with Crippen LogP contribution in [0, 0.1) is 12.8 Å². The van der Waals surface area contributed by atoms with Crippen LogP contribution in [0.1, 0.15) is 31.2 Å². The lowest BCUT2D eigenvalue weighted by Gasteiger charge is -2.30. The molecular weight excluding hydrogens is 438 g/mol. The molecule has 2 fully saturated rings. The Bertz CT molecular complexity index is 1040. The fourth-order valence-corrected chi connectivity index (χ4v) is 5.84. The molecule has 8 heteroatoms. The van der Waals surface area contributed by atoms with Gasteiger partial charge in [0, 0.05) is 37.8 Å². The minimum atomic E-state index is -3.52. The van der Waals surface area contributed by atoms with Gasteiger partial charge in [0.15, 0.2) is 0 Å². The second-order valence-corrected chi connectivity index (χ2v) is 11.1. The van der Waals surface area contributed by atoms with Gasteiger partial charge in [-0.15, -0.1) is 0 Å². The molecule has 2 saturated heterocycles. The fourth-order valence-electron chi connectivity index (χ4n) is 4.37. The van der Waals surface area contributed by atoms with Crippen LogP contribution < -0.4 is 10.1 Å². The van der Waals surface area contributed by atoms with E-state index in [1.54, 1.807) is 24.3 Å². The highest BCUT2D eigenvalue weighted by molar-refractivity contribution is 7.89. The van der Waals surface area contributed by atoms with Crippen LogP contribution in [0.25, 0.3) is 0 Å². The highest BCUT2D eigenvalue weighted by Crippen LogP contribution is 2.26. The minimum absolute atomic E-state index is 0.0635. The zero-order chi connectivity index (χ0) is 23.4. The lowest BCUT2D eigenvalue weighted by Crippen LogP contribution is -2.41. The summed E-state index contributed by atoms with van der Waals surface area (Å²) in [4.78, 5) is 15.4. The Morgan fingerprint density at radius 2 is 1.52 bits per heavy atom. The van der Waals surface area contributed by atoms with Crippen molar-refractivity contribution < 1.29 is 17.9 Å². The van der Waals surface area contributed by atoms with Gasteiger partial charge in [0.1, 0.15) is 11.9 Å². The number of carbonyl (C=O) groups excluding carboxylic acids is 1. The van der Waals surface area contributed by atoms with E-state index in [4.69, 9.17) is 4.74 Å². The summed E-state index contributed by atoms with van der Waals surface area (Å²) in [6.45, 7) is 4.71. The number of carbonyl (C=O) groups is 1. The summed E-state index contributed by atoms with van der Waals surface area (Å²) in [6, 6.07) is 14.4. The average molecular weight is 472 g/mol. The number of nitrogens with zero attached hydrogens (tertiary/aromatic N) is 2. The number of ether oxygens (including phenoxy) is 1. The van der Waals surface area contributed by atoms with Gasteiger partial charge < -0.3 is 15.0 Å². The number of aryl methyl sites for hydroxylation is 1. The number of benzene rings is 2. The molecule has 0 unspecified atom stereocenters. The number of hydrogen-bond donors (Lipinski definition) is 1. The molecule has 0 aliphatic carbocycles. The van der Waals surface area contributed by atoms with Gasteiger partial charge in [0.25, 0.3) is 0 Å². The lowest BCUT2D eigenvalue weighted by atomic mass is 9.97. The predicted molar refractivity (Wildman–Crippen MR) is 129 cm³/mol. The number of piperidine rings is 2. The van der Waals surface area contributed by atoms with Crippen LogP contribution in [0.4, 0.5) is 5.69 Å². The molecule has 0 spiro atoms. The Balaban J connectivity index is 1.27. The molecule has 0 bridgehead atoms. The standard InChI is InChI=1S/C25H33N3O4S/c1-19-3-9-24(10-4-19)33(30,31)28-17-11-20(12-18-28)25(29)26-21-5-7-22(8-6-21)32-23-13-15-27(2)16-14-23/h3-10,20,23H,11-18H2,1-2H3,(H,26,29). The molecule has 4 rings (SSSR count). The van der Waals surface area contributed by atoms with Crippen LogP contribution in [0.3, 0.4) is 0 Å². The lowest BCUT2D eigenvalue weighted by molar-refractivity contribution is -0.120. The maximum Gasteiger partial charge on any atom is 0.243 e. The monoisotopic (exact) mass is 471 g/mol. The summed E-state index contributed by atoms with van der Waals surface area (Å²) in [5.74, 6) is 0.549. The van der Waals surface area contributed by atoms with E-state index in [0.29, 0.717) is 30.8 Å². The van der Waals surface area contributed by atoms with Crippen molar-refractivity contribution in [1.29, 1.82) is 0 Å². The van der Waals surface area contributed by atoms with Gasteiger partial charge in [-0.3, -0.25) is 4.79 Å². The number of anilines is 1. The van der Waals surface area contributed by atoms with E-state index in [1.807, 2.05) is 31.2 Å². The molecule has 0 saturated carbocycles. The van der Waals surface area contributed by atoms with Crippen molar-refractivity contribution in [3.63, 3.8) is 0 Å². The molecule has 7 nitrogen and oxygen atoms in total.